The third-order valence-electron chi connectivity index (χ3n) is 1.96. The minimum atomic E-state index is 0.131. The number of hydrogen-bond donors (Lipinski definition) is 0. The van der Waals surface area contributed by atoms with Gasteiger partial charge in [-0.2, -0.15) is 0 Å². The van der Waals surface area contributed by atoms with Crippen LogP contribution in [0.2, 0.25) is 0 Å². The Morgan fingerprint density at radius 2 is 2.21 bits per heavy atom. The SMILES string of the molecule is CC(C)CCC(=O)c1ccc(Br)cn1. The summed E-state index contributed by atoms with van der Waals surface area (Å²) in [6.07, 6.45) is 3.17. The van der Waals surface area contributed by atoms with Gasteiger partial charge in [-0.25, -0.2) is 0 Å². The van der Waals surface area contributed by atoms with Crippen molar-refractivity contribution in [1.82, 2.24) is 4.98 Å². The molecule has 0 aliphatic heterocycles. The van der Waals surface area contributed by atoms with E-state index in [2.05, 4.69) is 34.8 Å². The van der Waals surface area contributed by atoms with E-state index in [0.717, 1.165) is 10.9 Å². The summed E-state index contributed by atoms with van der Waals surface area (Å²) in [6, 6.07) is 3.60. The highest BCUT2D eigenvalue weighted by atomic mass is 79.9. The fourth-order valence-electron chi connectivity index (χ4n) is 1.09. The second-order valence-electron chi connectivity index (χ2n) is 3.72. The van der Waals surface area contributed by atoms with Crippen LogP contribution in [-0.4, -0.2) is 10.8 Å². The van der Waals surface area contributed by atoms with Crippen molar-refractivity contribution in [3.63, 3.8) is 0 Å². The predicted octanol–water partition coefficient (Wildman–Crippen LogP) is 3.46. The zero-order chi connectivity index (χ0) is 10.6. The van der Waals surface area contributed by atoms with Gasteiger partial charge in [0.2, 0.25) is 0 Å². The van der Waals surface area contributed by atoms with Crippen molar-refractivity contribution in [2.75, 3.05) is 0 Å². The normalized spacial score (nSPS) is 10.6. The average Bonchev–Trinajstić information content (AvgIpc) is 2.15. The summed E-state index contributed by atoms with van der Waals surface area (Å²) in [5.41, 5.74) is 0.564. The van der Waals surface area contributed by atoms with Crippen molar-refractivity contribution >= 4 is 21.7 Å². The van der Waals surface area contributed by atoms with Gasteiger partial charge in [0.25, 0.3) is 0 Å². The number of pyridine rings is 1. The Kier molecular flexibility index (Phi) is 4.26. The van der Waals surface area contributed by atoms with Gasteiger partial charge in [0, 0.05) is 17.1 Å². The molecule has 14 heavy (non-hydrogen) atoms. The van der Waals surface area contributed by atoms with Crippen LogP contribution in [0.1, 0.15) is 37.2 Å². The van der Waals surface area contributed by atoms with Crippen LogP contribution in [0, 0.1) is 5.92 Å². The molecular weight excluding hydrogens is 242 g/mol. The minimum Gasteiger partial charge on any atom is -0.292 e. The second-order valence-corrected chi connectivity index (χ2v) is 4.63. The molecule has 0 aliphatic rings. The van der Waals surface area contributed by atoms with E-state index in [9.17, 15) is 4.79 Å². The van der Waals surface area contributed by atoms with Gasteiger partial charge in [-0.15, -0.1) is 0 Å². The van der Waals surface area contributed by atoms with Crippen molar-refractivity contribution < 1.29 is 4.79 Å². The van der Waals surface area contributed by atoms with Crippen LogP contribution in [0.15, 0.2) is 22.8 Å². The van der Waals surface area contributed by atoms with Gasteiger partial charge in [-0.05, 0) is 40.4 Å². The molecule has 0 saturated carbocycles. The zero-order valence-electron chi connectivity index (χ0n) is 8.46. The van der Waals surface area contributed by atoms with Crippen LogP contribution in [0.25, 0.3) is 0 Å². The molecule has 0 aliphatic carbocycles. The van der Waals surface area contributed by atoms with Crippen molar-refractivity contribution in [1.29, 1.82) is 0 Å². The van der Waals surface area contributed by atoms with Gasteiger partial charge >= 0.3 is 0 Å². The first-order chi connectivity index (χ1) is 6.59. The fraction of sp³-hybridized carbons (Fsp3) is 0.455. The molecule has 1 heterocycles. The van der Waals surface area contributed by atoms with Crippen LogP contribution in [0.5, 0.6) is 0 Å². The molecule has 0 amide bonds. The predicted molar refractivity (Wildman–Crippen MR) is 60.3 cm³/mol. The number of carbonyl (C=O) groups is 1. The van der Waals surface area contributed by atoms with Gasteiger partial charge in [0.05, 0.1) is 0 Å². The smallest absolute Gasteiger partial charge is 0.181 e. The molecule has 1 aromatic rings. The van der Waals surface area contributed by atoms with Crippen molar-refractivity contribution in [2.24, 2.45) is 5.92 Å². The Labute approximate surface area is 92.9 Å². The summed E-state index contributed by atoms with van der Waals surface area (Å²) < 4.78 is 0.901. The lowest BCUT2D eigenvalue weighted by Crippen LogP contribution is -2.03. The fourth-order valence-corrected chi connectivity index (χ4v) is 1.32. The van der Waals surface area contributed by atoms with E-state index < -0.39 is 0 Å². The third kappa shape index (κ3) is 3.58. The highest BCUT2D eigenvalue weighted by molar-refractivity contribution is 9.10. The molecule has 0 unspecified atom stereocenters. The molecule has 2 nitrogen and oxygen atoms in total. The maximum atomic E-state index is 11.6. The molecule has 0 aromatic carbocycles. The minimum absolute atomic E-state index is 0.131. The molecule has 0 spiro atoms. The van der Waals surface area contributed by atoms with Gasteiger partial charge in [0.1, 0.15) is 5.69 Å². The Balaban J connectivity index is 2.57. The number of rotatable bonds is 4. The number of halogens is 1. The van der Waals surface area contributed by atoms with Crippen LogP contribution in [0.3, 0.4) is 0 Å². The molecule has 0 atom stereocenters. The number of nitrogens with zero attached hydrogens (tertiary/aromatic N) is 1. The van der Waals surface area contributed by atoms with Crippen LogP contribution in [0.4, 0.5) is 0 Å². The summed E-state index contributed by atoms with van der Waals surface area (Å²) in [6.45, 7) is 4.23. The quantitative estimate of drug-likeness (QED) is 0.772. The Morgan fingerprint density at radius 1 is 1.50 bits per heavy atom. The Hall–Kier alpha value is -0.700. The lowest BCUT2D eigenvalue weighted by atomic mass is 10.0. The summed E-state index contributed by atoms with van der Waals surface area (Å²) in [7, 11) is 0. The summed E-state index contributed by atoms with van der Waals surface area (Å²) >= 11 is 3.28. The van der Waals surface area contributed by atoms with Crippen LogP contribution < -0.4 is 0 Å². The number of ketones is 1. The molecule has 0 fully saturated rings. The van der Waals surface area contributed by atoms with E-state index >= 15 is 0 Å². The van der Waals surface area contributed by atoms with E-state index in [4.69, 9.17) is 0 Å². The van der Waals surface area contributed by atoms with E-state index in [1.54, 1.807) is 12.3 Å². The zero-order valence-corrected chi connectivity index (χ0v) is 10.0. The Bertz CT molecular complexity index is 306. The second kappa shape index (κ2) is 5.25. The molecule has 1 rings (SSSR count). The van der Waals surface area contributed by atoms with Crippen molar-refractivity contribution in [2.45, 2.75) is 26.7 Å². The highest BCUT2D eigenvalue weighted by Crippen LogP contribution is 2.11. The van der Waals surface area contributed by atoms with Gasteiger partial charge in [-0.1, -0.05) is 13.8 Å². The van der Waals surface area contributed by atoms with Crippen LogP contribution in [-0.2, 0) is 0 Å². The molecule has 0 bridgehead atoms. The van der Waals surface area contributed by atoms with E-state index in [1.165, 1.54) is 0 Å². The highest BCUT2D eigenvalue weighted by Gasteiger charge is 2.07. The van der Waals surface area contributed by atoms with Gasteiger partial charge in [0.15, 0.2) is 5.78 Å². The maximum absolute atomic E-state index is 11.6. The molecule has 3 heteroatoms. The number of hydrogen-bond acceptors (Lipinski definition) is 2. The monoisotopic (exact) mass is 255 g/mol. The summed E-state index contributed by atoms with van der Waals surface area (Å²) in [5, 5.41) is 0. The molecule has 0 N–H and O–H groups in total. The lowest BCUT2D eigenvalue weighted by molar-refractivity contribution is 0.0970. The maximum Gasteiger partial charge on any atom is 0.181 e. The number of Topliss-reactive ketones (excluding diaryl/α,β-unsaturated/α-hetero) is 1. The van der Waals surface area contributed by atoms with Crippen LogP contribution >= 0.6 is 15.9 Å². The standard InChI is InChI=1S/C11H14BrNO/c1-8(2)3-6-11(14)10-5-4-9(12)7-13-10/h4-5,7-8H,3,6H2,1-2H3. The largest absolute Gasteiger partial charge is 0.292 e. The molecule has 0 saturated heterocycles. The molecular formula is C11H14BrNO. The number of carbonyl (C=O) groups excluding carboxylic acids is 1. The topological polar surface area (TPSA) is 30.0 Å². The van der Waals surface area contributed by atoms with E-state index in [-0.39, 0.29) is 5.78 Å². The first-order valence-electron chi connectivity index (χ1n) is 4.74. The van der Waals surface area contributed by atoms with Crippen molar-refractivity contribution in [3.05, 3.63) is 28.5 Å². The third-order valence-corrected chi connectivity index (χ3v) is 2.43. The van der Waals surface area contributed by atoms with E-state index in [0.29, 0.717) is 18.0 Å². The summed E-state index contributed by atoms with van der Waals surface area (Å²) in [5.74, 6) is 0.695. The van der Waals surface area contributed by atoms with Gasteiger partial charge in [-0.3, -0.25) is 9.78 Å². The van der Waals surface area contributed by atoms with Crippen molar-refractivity contribution in [3.8, 4) is 0 Å². The molecule has 76 valence electrons. The Morgan fingerprint density at radius 3 is 2.71 bits per heavy atom. The van der Waals surface area contributed by atoms with E-state index in [1.807, 2.05) is 6.07 Å². The number of aromatic nitrogens is 1. The van der Waals surface area contributed by atoms with Gasteiger partial charge < -0.3 is 0 Å². The first kappa shape index (κ1) is 11.4. The summed E-state index contributed by atoms with van der Waals surface area (Å²) in [4.78, 5) is 15.6. The average molecular weight is 256 g/mol. The lowest BCUT2D eigenvalue weighted by Gasteiger charge is -2.03. The first-order valence-corrected chi connectivity index (χ1v) is 5.53. The molecule has 0 radical (unpaired) electrons. The molecule has 1 aromatic heterocycles.